The Morgan fingerprint density at radius 1 is 1.11 bits per heavy atom. The second kappa shape index (κ2) is 9.22. The lowest BCUT2D eigenvalue weighted by atomic mass is 10.1. The number of hydrogen-bond acceptors (Lipinski definition) is 6. The third-order valence-electron chi connectivity index (χ3n) is 5.73. The molecule has 35 heavy (non-hydrogen) atoms. The first-order valence-corrected chi connectivity index (χ1v) is 11.4. The van der Waals surface area contributed by atoms with E-state index in [0.717, 1.165) is 28.2 Å². The Balaban J connectivity index is 1.66. The van der Waals surface area contributed by atoms with E-state index < -0.39 is 10.9 Å². The second-order valence-electron chi connectivity index (χ2n) is 8.11. The maximum absolute atomic E-state index is 12.9. The molecule has 1 N–H and O–H groups in total. The fraction of sp³-hybridized carbons (Fsp3) is 0.160. The van der Waals surface area contributed by atoms with E-state index >= 15 is 0 Å². The van der Waals surface area contributed by atoms with Crippen LogP contribution in [0.25, 0.3) is 11.8 Å². The van der Waals surface area contributed by atoms with Gasteiger partial charge < -0.3 is 9.67 Å². The van der Waals surface area contributed by atoms with Crippen molar-refractivity contribution in [2.75, 3.05) is 7.05 Å². The minimum Gasteiger partial charge on any atom is -0.478 e. The van der Waals surface area contributed by atoms with Crippen molar-refractivity contribution in [2.45, 2.75) is 20.8 Å². The number of likely N-dealkylation sites (N-methyl/N-ethyl adjacent to an activating group) is 1. The van der Waals surface area contributed by atoms with Gasteiger partial charge >= 0.3 is 5.97 Å². The molecule has 2 heterocycles. The number of non-ortho nitro benzene ring substituents is 1. The highest BCUT2D eigenvalue weighted by atomic mass is 32.2. The zero-order chi connectivity index (χ0) is 25.4. The molecule has 0 aliphatic carbocycles. The lowest BCUT2D eigenvalue weighted by Crippen LogP contribution is -2.23. The van der Waals surface area contributed by atoms with Gasteiger partial charge in [0.15, 0.2) is 5.17 Å². The number of amides is 1. The van der Waals surface area contributed by atoms with Crippen LogP contribution in [0.15, 0.2) is 58.4 Å². The number of hydrogen-bond donors (Lipinski definition) is 1. The number of aliphatic imine (C=N–C) groups is 1. The molecule has 0 atom stereocenters. The Morgan fingerprint density at radius 2 is 1.80 bits per heavy atom. The minimum atomic E-state index is -1.02. The molecule has 1 saturated heterocycles. The minimum absolute atomic E-state index is 0.0384. The van der Waals surface area contributed by atoms with Crippen molar-refractivity contribution in [3.8, 4) is 5.69 Å². The molecule has 0 unspecified atom stereocenters. The average molecular weight is 491 g/mol. The van der Waals surface area contributed by atoms with E-state index in [0.29, 0.717) is 15.8 Å². The molecule has 0 bridgehead atoms. The number of carbonyl (C=O) groups is 2. The highest BCUT2D eigenvalue weighted by Crippen LogP contribution is 2.35. The molecular weight excluding hydrogens is 468 g/mol. The summed E-state index contributed by atoms with van der Waals surface area (Å²) in [6.45, 7) is 5.71. The van der Waals surface area contributed by atoms with Crippen LogP contribution in [0.5, 0.6) is 0 Å². The van der Waals surface area contributed by atoms with Crippen LogP contribution in [0.1, 0.15) is 32.9 Å². The van der Waals surface area contributed by atoms with Gasteiger partial charge in [-0.1, -0.05) is 0 Å². The molecule has 2 aromatic carbocycles. The van der Waals surface area contributed by atoms with Crippen LogP contribution in [0.2, 0.25) is 0 Å². The molecule has 1 aromatic heterocycles. The third kappa shape index (κ3) is 4.60. The smallest absolute Gasteiger partial charge is 0.335 e. The summed E-state index contributed by atoms with van der Waals surface area (Å²) in [5, 5.41) is 20.6. The van der Waals surface area contributed by atoms with Crippen molar-refractivity contribution in [2.24, 2.45) is 4.99 Å². The summed E-state index contributed by atoms with van der Waals surface area (Å²) in [5.41, 5.74) is 5.05. The first-order chi connectivity index (χ1) is 16.6. The highest BCUT2D eigenvalue weighted by Gasteiger charge is 2.31. The SMILES string of the molecule is Cc1cc([N+](=O)[O-])ccc1-n1c(C)cc(/C=C2\SC(=Nc3ccc(C(=O)O)cc3)N(C)C2=O)c1C. The van der Waals surface area contributed by atoms with Gasteiger partial charge in [-0.2, -0.15) is 0 Å². The van der Waals surface area contributed by atoms with E-state index in [2.05, 4.69) is 4.99 Å². The number of aromatic nitrogens is 1. The molecule has 1 aliphatic rings. The Morgan fingerprint density at radius 3 is 2.40 bits per heavy atom. The molecule has 178 valence electrons. The number of nitro benzene ring substituents is 1. The van der Waals surface area contributed by atoms with Crippen LogP contribution >= 0.6 is 11.8 Å². The standard InChI is InChI=1S/C25H22N4O5S/c1-14-11-20(29(33)34)9-10-21(14)28-15(2)12-18(16(28)3)13-22-23(30)27(4)25(35-22)26-19-7-5-17(6-8-19)24(31)32/h5-13H,1-4H3,(H,31,32)/b22-13-,26-25?. The van der Waals surface area contributed by atoms with Gasteiger partial charge in [-0.25, -0.2) is 9.79 Å². The lowest BCUT2D eigenvalue weighted by Gasteiger charge is -2.12. The van der Waals surface area contributed by atoms with Crippen molar-refractivity contribution >= 4 is 46.3 Å². The molecule has 1 amide bonds. The van der Waals surface area contributed by atoms with Gasteiger partial charge in [0.1, 0.15) is 0 Å². The van der Waals surface area contributed by atoms with Crippen LogP contribution in [0.4, 0.5) is 11.4 Å². The molecule has 10 heteroatoms. The van der Waals surface area contributed by atoms with E-state index in [1.54, 1.807) is 31.3 Å². The number of nitrogens with zero attached hydrogens (tertiary/aromatic N) is 4. The molecule has 1 aliphatic heterocycles. The third-order valence-corrected chi connectivity index (χ3v) is 6.79. The number of rotatable bonds is 5. The zero-order valence-electron chi connectivity index (χ0n) is 19.5. The maximum atomic E-state index is 12.9. The molecule has 0 radical (unpaired) electrons. The van der Waals surface area contributed by atoms with Gasteiger partial charge in [0.25, 0.3) is 11.6 Å². The number of thioether (sulfide) groups is 1. The number of aromatic carboxylic acids is 1. The summed E-state index contributed by atoms with van der Waals surface area (Å²) in [5.74, 6) is -1.20. The summed E-state index contributed by atoms with van der Waals surface area (Å²) in [6, 6.07) is 12.9. The molecule has 0 saturated carbocycles. The number of benzene rings is 2. The first kappa shape index (κ1) is 24.0. The van der Waals surface area contributed by atoms with E-state index in [-0.39, 0.29) is 17.2 Å². The predicted molar refractivity (Wildman–Crippen MR) is 135 cm³/mol. The number of amidine groups is 1. The van der Waals surface area contributed by atoms with Crippen LogP contribution in [0.3, 0.4) is 0 Å². The molecular formula is C25H22N4O5S. The van der Waals surface area contributed by atoms with Crippen molar-refractivity contribution in [1.29, 1.82) is 0 Å². The number of aryl methyl sites for hydroxylation is 2. The average Bonchev–Trinajstić information content (AvgIpc) is 3.23. The topological polar surface area (TPSA) is 118 Å². The quantitative estimate of drug-likeness (QED) is 0.297. The van der Waals surface area contributed by atoms with Crippen molar-refractivity contribution in [3.05, 3.63) is 91.6 Å². The molecule has 0 spiro atoms. The maximum Gasteiger partial charge on any atom is 0.335 e. The Kier molecular flexibility index (Phi) is 6.31. The highest BCUT2D eigenvalue weighted by molar-refractivity contribution is 8.18. The monoisotopic (exact) mass is 490 g/mol. The van der Waals surface area contributed by atoms with Gasteiger partial charge in [0.05, 0.1) is 21.1 Å². The largest absolute Gasteiger partial charge is 0.478 e. The van der Waals surface area contributed by atoms with Crippen LogP contribution in [-0.2, 0) is 4.79 Å². The first-order valence-electron chi connectivity index (χ1n) is 10.6. The summed E-state index contributed by atoms with van der Waals surface area (Å²) < 4.78 is 2.01. The predicted octanol–water partition coefficient (Wildman–Crippen LogP) is 5.24. The molecule has 4 rings (SSSR count). The van der Waals surface area contributed by atoms with Crippen LogP contribution < -0.4 is 0 Å². The summed E-state index contributed by atoms with van der Waals surface area (Å²) in [6.07, 6.45) is 1.82. The van der Waals surface area contributed by atoms with Crippen molar-refractivity contribution in [3.63, 3.8) is 0 Å². The van der Waals surface area contributed by atoms with Gasteiger partial charge in [-0.15, -0.1) is 0 Å². The molecule has 3 aromatic rings. The second-order valence-corrected chi connectivity index (χ2v) is 9.12. The number of nitro groups is 1. The number of carboxylic acids is 1. The Bertz CT molecular complexity index is 1440. The summed E-state index contributed by atoms with van der Waals surface area (Å²) in [4.78, 5) is 41.1. The number of carboxylic acid groups (broad SMARTS) is 1. The van der Waals surface area contributed by atoms with E-state index in [1.165, 1.54) is 34.9 Å². The summed E-state index contributed by atoms with van der Waals surface area (Å²) >= 11 is 1.24. The van der Waals surface area contributed by atoms with Crippen molar-refractivity contribution < 1.29 is 19.6 Å². The van der Waals surface area contributed by atoms with Gasteiger partial charge in [0, 0.05) is 36.3 Å². The van der Waals surface area contributed by atoms with E-state index in [4.69, 9.17) is 5.11 Å². The Labute approximate surface area is 205 Å². The normalized spacial score (nSPS) is 15.9. The van der Waals surface area contributed by atoms with Crippen LogP contribution in [0, 0.1) is 30.9 Å². The summed E-state index contributed by atoms with van der Waals surface area (Å²) in [7, 11) is 1.64. The molecule has 9 nitrogen and oxygen atoms in total. The van der Waals surface area contributed by atoms with Crippen LogP contribution in [-0.4, -0.2) is 43.6 Å². The fourth-order valence-electron chi connectivity index (χ4n) is 3.89. The van der Waals surface area contributed by atoms with Crippen molar-refractivity contribution in [1.82, 2.24) is 9.47 Å². The Hall–Kier alpha value is -4.18. The molecule has 1 fully saturated rings. The zero-order valence-corrected chi connectivity index (χ0v) is 20.3. The van der Waals surface area contributed by atoms with E-state index in [1.807, 2.05) is 37.5 Å². The van der Waals surface area contributed by atoms with Gasteiger partial charge in [-0.3, -0.25) is 19.8 Å². The van der Waals surface area contributed by atoms with Gasteiger partial charge in [0.2, 0.25) is 0 Å². The lowest BCUT2D eigenvalue weighted by molar-refractivity contribution is -0.384. The van der Waals surface area contributed by atoms with E-state index in [9.17, 15) is 19.7 Å². The van der Waals surface area contributed by atoms with Gasteiger partial charge in [-0.05, 0) is 86.1 Å². The fourth-order valence-corrected chi connectivity index (χ4v) is 4.87. The number of carbonyl (C=O) groups excluding carboxylic acids is 1.